The molecule has 2 nitrogen and oxygen atoms in total. The van der Waals surface area contributed by atoms with Crippen molar-refractivity contribution in [1.29, 1.82) is 5.26 Å². The first-order valence-electron chi connectivity index (χ1n) is 9.95. The lowest BCUT2D eigenvalue weighted by Crippen LogP contribution is -2.44. The summed E-state index contributed by atoms with van der Waals surface area (Å²) in [5.74, 6) is 0. The molecule has 0 amide bonds. The van der Waals surface area contributed by atoms with E-state index in [0.29, 0.717) is 12.1 Å². The molecule has 0 radical (unpaired) electrons. The number of nitriles is 1. The van der Waals surface area contributed by atoms with Crippen LogP contribution in [-0.2, 0) is 5.41 Å². The predicted molar refractivity (Wildman–Crippen MR) is 115 cm³/mol. The van der Waals surface area contributed by atoms with E-state index < -0.39 is 5.41 Å². The Morgan fingerprint density at radius 2 is 1.41 bits per heavy atom. The largest absolute Gasteiger partial charge is 0.298 e. The highest BCUT2D eigenvalue weighted by Crippen LogP contribution is 2.36. The highest BCUT2D eigenvalue weighted by atomic mass is 35.5. The molecule has 2 aromatic carbocycles. The van der Waals surface area contributed by atoms with E-state index in [2.05, 4.69) is 49.1 Å². The van der Waals surface area contributed by atoms with E-state index in [1.54, 1.807) is 0 Å². The van der Waals surface area contributed by atoms with Gasteiger partial charge in [-0.1, -0.05) is 67.1 Å². The monoisotopic (exact) mass is 382 g/mol. The van der Waals surface area contributed by atoms with Crippen molar-refractivity contribution in [1.82, 2.24) is 4.90 Å². The Balaban J connectivity index is 0.00000261. The van der Waals surface area contributed by atoms with Crippen molar-refractivity contribution in [3.8, 4) is 6.07 Å². The average molecular weight is 383 g/mol. The van der Waals surface area contributed by atoms with Crippen LogP contribution in [0.1, 0.15) is 57.1 Å². The van der Waals surface area contributed by atoms with E-state index in [1.807, 2.05) is 36.4 Å². The van der Waals surface area contributed by atoms with Crippen molar-refractivity contribution >= 4 is 12.4 Å². The number of rotatable bonds is 6. The Morgan fingerprint density at radius 1 is 0.926 bits per heavy atom. The zero-order chi connectivity index (χ0) is 18.4. The first kappa shape index (κ1) is 21.5. The Hall–Kier alpha value is -1.82. The maximum atomic E-state index is 10.3. The molecule has 1 heterocycles. The minimum atomic E-state index is -0.565. The molecule has 3 heteroatoms. The summed E-state index contributed by atoms with van der Waals surface area (Å²) in [6, 6.07) is 24.6. The fourth-order valence-corrected chi connectivity index (χ4v) is 4.53. The van der Waals surface area contributed by atoms with Crippen molar-refractivity contribution in [3.05, 3.63) is 71.8 Å². The van der Waals surface area contributed by atoms with E-state index in [1.165, 1.54) is 19.3 Å². The van der Waals surface area contributed by atoms with Crippen molar-refractivity contribution in [3.63, 3.8) is 0 Å². The number of benzene rings is 2. The van der Waals surface area contributed by atoms with Crippen molar-refractivity contribution in [2.24, 2.45) is 0 Å². The van der Waals surface area contributed by atoms with Crippen LogP contribution in [0.5, 0.6) is 0 Å². The lowest BCUT2D eigenvalue weighted by molar-refractivity contribution is 0.100. The maximum Gasteiger partial charge on any atom is 0.107 e. The van der Waals surface area contributed by atoms with Crippen LogP contribution in [0.2, 0.25) is 0 Å². The summed E-state index contributed by atoms with van der Waals surface area (Å²) in [4.78, 5) is 2.64. The molecule has 144 valence electrons. The van der Waals surface area contributed by atoms with Crippen LogP contribution < -0.4 is 0 Å². The summed E-state index contributed by atoms with van der Waals surface area (Å²) >= 11 is 0. The van der Waals surface area contributed by atoms with Gasteiger partial charge < -0.3 is 0 Å². The predicted octanol–water partition coefficient (Wildman–Crippen LogP) is 5.96. The summed E-state index contributed by atoms with van der Waals surface area (Å²) in [6.45, 7) is 5.77. The first-order valence-corrected chi connectivity index (χ1v) is 9.95. The Kier molecular flexibility index (Phi) is 7.90. The number of nitrogens with zero attached hydrogens (tertiary/aromatic N) is 2. The van der Waals surface area contributed by atoms with Crippen LogP contribution >= 0.6 is 12.4 Å². The maximum absolute atomic E-state index is 10.3. The molecule has 2 unspecified atom stereocenters. The fraction of sp³-hybridized carbons (Fsp3) is 0.458. The molecule has 2 atom stereocenters. The zero-order valence-electron chi connectivity index (χ0n) is 16.5. The minimum Gasteiger partial charge on any atom is -0.298 e. The highest BCUT2D eigenvalue weighted by Gasteiger charge is 2.34. The second kappa shape index (κ2) is 9.93. The van der Waals surface area contributed by atoms with Crippen LogP contribution in [0, 0.1) is 11.3 Å². The molecule has 1 fully saturated rings. The number of likely N-dealkylation sites (tertiary alicyclic amines) is 1. The Labute approximate surface area is 170 Å². The molecule has 1 aliphatic rings. The quantitative estimate of drug-likeness (QED) is 0.616. The number of hydrogen-bond donors (Lipinski definition) is 0. The van der Waals surface area contributed by atoms with Crippen LogP contribution in [0.3, 0.4) is 0 Å². The summed E-state index contributed by atoms with van der Waals surface area (Å²) in [5.41, 5.74) is 1.65. The lowest BCUT2D eigenvalue weighted by Gasteiger charge is -2.39. The van der Waals surface area contributed by atoms with Gasteiger partial charge in [0.15, 0.2) is 0 Å². The molecule has 0 saturated carbocycles. The van der Waals surface area contributed by atoms with E-state index in [-0.39, 0.29) is 12.4 Å². The molecule has 27 heavy (non-hydrogen) atoms. The molecular weight excluding hydrogens is 352 g/mol. The van der Waals surface area contributed by atoms with Crippen LogP contribution in [0.25, 0.3) is 0 Å². The molecule has 1 saturated heterocycles. The zero-order valence-corrected chi connectivity index (χ0v) is 17.3. The van der Waals surface area contributed by atoms with Gasteiger partial charge in [0.05, 0.1) is 6.07 Å². The Bertz CT molecular complexity index is 674. The van der Waals surface area contributed by atoms with E-state index in [0.717, 1.165) is 30.5 Å². The lowest BCUT2D eigenvalue weighted by atomic mass is 9.72. The smallest absolute Gasteiger partial charge is 0.107 e. The highest BCUT2D eigenvalue weighted by molar-refractivity contribution is 5.85. The number of hydrogen-bond acceptors (Lipinski definition) is 2. The molecule has 0 bridgehead atoms. The first-order chi connectivity index (χ1) is 12.7. The molecule has 0 aromatic heterocycles. The molecule has 3 rings (SSSR count). The minimum absolute atomic E-state index is 0. The molecule has 1 aliphatic heterocycles. The summed E-state index contributed by atoms with van der Waals surface area (Å²) in [5, 5.41) is 10.3. The molecule has 0 N–H and O–H groups in total. The van der Waals surface area contributed by atoms with Crippen LogP contribution in [-0.4, -0.2) is 23.5 Å². The Morgan fingerprint density at radius 3 is 1.85 bits per heavy atom. The van der Waals surface area contributed by atoms with Crippen molar-refractivity contribution in [2.75, 3.05) is 6.54 Å². The van der Waals surface area contributed by atoms with Gasteiger partial charge >= 0.3 is 0 Å². The van der Waals surface area contributed by atoms with Gasteiger partial charge in [0.2, 0.25) is 0 Å². The van der Waals surface area contributed by atoms with Crippen molar-refractivity contribution in [2.45, 2.75) is 63.5 Å². The van der Waals surface area contributed by atoms with Crippen molar-refractivity contribution < 1.29 is 0 Å². The number of halogens is 1. The van der Waals surface area contributed by atoms with Gasteiger partial charge in [-0.3, -0.25) is 4.90 Å². The van der Waals surface area contributed by atoms with Gasteiger partial charge in [-0.25, -0.2) is 0 Å². The average Bonchev–Trinajstić information content (AvgIpc) is 2.69. The van der Waals surface area contributed by atoms with Gasteiger partial charge in [-0.15, -0.1) is 12.4 Å². The topological polar surface area (TPSA) is 27.0 Å². The summed E-state index contributed by atoms with van der Waals surface area (Å²) in [6.07, 6.45) is 5.82. The standard InChI is InChI=1S/C24H30N2.ClH/c1-20-11-9-12-21(2)26(20)18-10-17-24(19-25,22-13-5-3-6-14-22)23-15-7-4-8-16-23;/h3-8,13-16,20-21H,9-12,17-18H2,1-2H3;1H. The van der Waals surface area contributed by atoms with E-state index in [4.69, 9.17) is 0 Å². The normalized spacial score (nSPS) is 20.5. The fourth-order valence-electron chi connectivity index (χ4n) is 4.53. The van der Waals surface area contributed by atoms with Gasteiger partial charge in [-0.2, -0.15) is 5.26 Å². The molecular formula is C24H31ClN2. The third-order valence-electron chi connectivity index (χ3n) is 6.07. The molecule has 0 spiro atoms. The van der Waals surface area contributed by atoms with Gasteiger partial charge in [0.25, 0.3) is 0 Å². The summed E-state index contributed by atoms with van der Waals surface area (Å²) < 4.78 is 0. The van der Waals surface area contributed by atoms with E-state index >= 15 is 0 Å². The second-order valence-electron chi connectivity index (χ2n) is 7.72. The molecule has 0 aliphatic carbocycles. The SMILES string of the molecule is CC1CCCC(C)N1CCCC(C#N)(c1ccccc1)c1ccccc1.Cl. The van der Waals surface area contributed by atoms with Gasteiger partial charge in [0.1, 0.15) is 5.41 Å². The second-order valence-corrected chi connectivity index (χ2v) is 7.72. The van der Waals surface area contributed by atoms with E-state index in [9.17, 15) is 5.26 Å². The van der Waals surface area contributed by atoms with Gasteiger partial charge in [0, 0.05) is 12.1 Å². The van der Waals surface area contributed by atoms with Crippen LogP contribution in [0.15, 0.2) is 60.7 Å². The number of piperidine rings is 1. The third kappa shape index (κ3) is 4.72. The van der Waals surface area contributed by atoms with Gasteiger partial charge in [-0.05, 0) is 57.2 Å². The van der Waals surface area contributed by atoms with Crippen LogP contribution in [0.4, 0.5) is 0 Å². The summed E-state index contributed by atoms with van der Waals surface area (Å²) in [7, 11) is 0. The third-order valence-corrected chi connectivity index (χ3v) is 6.07. The molecule has 2 aromatic rings.